The van der Waals surface area contributed by atoms with Crippen molar-refractivity contribution < 1.29 is 33.4 Å². The number of hydrogen-bond donors (Lipinski definition) is 2. The number of amides is 2. The molecule has 2 N–H and O–H groups in total. The number of nitrogens with zero attached hydrogens (tertiary/aromatic N) is 1. The van der Waals surface area contributed by atoms with Gasteiger partial charge in [0.1, 0.15) is 25.4 Å². The molecule has 2 atom stereocenters. The van der Waals surface area contributed by atoms with Gasteiger partial charge in [-0.05, 0) is 17.2 Å². The minimum absolute atomic E-state index is 0.0657. The first-order valence-electron chi connectivity index (χ1n) is 10.1. The zero-order valence-electron chi connectivity index (χ0n) is 17.5. The predicted octanol–water partition coefficient (Wildman–Crippen LogP) is 2.90. The van der Waals surface area contributed by atoms with Crippen molar-refractivity contribution in [1.82, 2.24) is 10.2 Å². The minimum Gasteiger partial charge on any atom is -0.481 e. The fourth-order valence-corrected chi connectivity index (χ4v) is 3.76. The molecule has 0 bridgehead atoms. The molecule has 0 aromatic heterocycles. The Balaban J connectivity index is 1.80. The van der Waals surface area contributed by atoms with Gasteiger partial charge in [0.25, 0.3) is 0 Å². The van der Waals surface area contributed by atoms with Gasteiger partial charge >= 0.3 is 12.1 Å². The lowest BCUT2D eigenvalue weighted by Crippen LogP contribution is -2.56. The molecule has 1 heterocycles. The average molecular weight is 477 g/mol. The number of fused-ring (bicyclic) bond motifs is 1. The number of nitrogens with one attached hydrogen (secondary N) is 1. The van der Waals surface area contributed by atoms with E-state index in [0.717, 1.165) is 11.1 Å². The summed E-state index contributed by atoms with van der Waals surface area (Å²) in [4.78, 5) is 50.0. The quantitative estimate of drug-likeness (QED) is 0.605. The summed E-state index contributed by atoms with van der Waals surface area (Å²) in [6.07, 6.45) is -1.43. The minimum atomic E-state index is -1.54. The number of carboxylic acids is 1. The molecule has 2 aromatic rings. The van der Waals surface area contributed by atoms with Crippen LogP contribution in [0.25, 0.3) is 0 Å². The van der Waals surface area contributed by atoms with Gasteiger partial charge < -0.3 is 15.2 Å². The first-order valence-corrected chi connectivity index (χ1v) is 10.5. The summed E-state index contributed by atoms with van der Waals surface area (Å²) in [5.41, 5.74) is 2.22. The van der Waals surface area contributed by atoms with Crippen molar-refractivity contribution in [3.8, 4) is 0 Å². The molecule has 0 aliphatic carbocycles. The normalized spacial score (nSPS) is 15.8. The van der Waals surface area contributed by atoms with E-state index in [0.29, 0.717) is 10.6 Å². The number of ketones is 1. The summed E-state index contributed by atoms with van der Waals surface area (Å²) >= 11 is 6.10. The van der Waals surface area contributed by atoms with Gasteiger partial charge in [-0.3, -0.25) is 19.3 Å². The maximum atomic E-state index is 13.0. The van der Waals surface area contributed by atoms with Crippen LogP contribution in [0.2, 0.25) is 5.02 Å². The summed E-state index contributed by atoms with van der Waals surface area (Å²) in [5.74, 6) is -3.20. The van der Waals surface area contributed by atoms with Crippen LogP contribution in [0.5, 0.6) is 0 Å². The number of Topliss-reactive ketones (excluding diaryl/α,β-unsaturated/α-hetero) is 1. The topological polar surface area (TPSA) is 113 Å². The smallest absolute Gasteiger partial charge is 0.411 e. The van der Waals surface area contributed by atoms with E-state index in [1.54, 1.807) is 36.4 Å². The molecule has 0 radical (unpaired) electrons. The van der Waals surface area contributed by atoms with Crippen LogP contribution < -0.4 is 5.32 Å². The zero-order valence-corrected chi connectivity index (χ0v) is 18.3. The molecule has 2 aromatic carbocycles. The highest BCUT2D eigenvalue weighted by Gasteiger charge is 2.37. The fraction of sp³-hybridized carbons (Fsp3) is 0.304. The molecule has 3 rings (SSSR count). The monoisotopic (exact) mass is 476 g/mol. The van der Waals surface area contributed by atoms with E-state index in [2.05, 4.69) is 5.32 Å². The maximum Gasteiger partial charge on any atom is 0.411 e. The van der Waals surface area contributed by atoms with E-state index in [1.807, 2.05) is 12.1 Å². The lowest BCUT2D eigenvalue weighted by molar-refractivity contribution is -0.140. The van der Waals surface area contributed by atoms with E-state index in [4.69, 9.17) is 21.4 Å². The summed E-state index contributed by atoms with van der Waals surface area (Å²) in [7, 11) is 0. The number of alkyl halides is 1. The Morgan fingerprint density at radius 1 is 1.12 bits per heavy atom. The highest BCUT2D eigenvalue weighted by molar-refractivity contribution is 6.31. The van der Waals surface area contributed by atoms with Crippen molar-refractivity contribution in [3.05, 3.63) is 70.2 Å². The van der Waals surface area contributed by atoms with Crippen molar-refractivity contribution >= 4 is 35.4 Å². The van der Waals surface area contributed by atoms with Crippen LogP contribution in [0.15, 0.2) is 48.5 Å². The molecular formula is C23H22ClFN2O6. The van der Waals surface area contributed by atoms with Crippen molar-refractivity contribution in [2.45, 2.75) is 38.1 Å². The van der Waals surface area contributed by atoms with Crippen LogP contribution in [0, 0.1) is 0 Å². The van der Waals surface area contributed by atoms with Gasteiger partial charge in [0.05, 0.1) is 13.0 Å². The predicted molar refractivity (Wildman–Crippen MR) is 116 cm³/mol. The molecule has 2 unspecified atom stereocenters. The van der Waals surface area contributed by atoms with Crippen molar-refractivity contribution in [2.75, 3.05) is 6.67 Å². The third-order valence-electron chi connectivity index (χ3n) is 5.31. The summed E-state index contributed by atoms with van der Waals surface area (Å²) in [6.45, 7) is -1.47. The van der Waals surface area contributed by atoms with E-state index >= 15 is 0 Å². The van der Waals surface area contributed by atoms with E-state index in [9.17, 15) is 23.6 Å². The third kappa shape index (κ3) is 6.07. The number of hydrogen-bond acceptors (Lipinski definition) is 5. The van der Waals surface area contributed by atoms with Crippen LogP contribution in [-0.2, 0) is 38.7 Å². The Kier molecular flexibility index (Phi) is 8.00. The van der Waals surface area contributed by atoms with Crippen molar-refractivity contribution in [2.24, 2.45) is 0 Å². The first-order chi connectivity index (χ1) is 15.8. The molecule has 33 heavy (non-hydrogen) atoms. The van der Waals surface area contributed by atoms with Crippen molar-refractivity contribution in [3.63, 3.8) is 0 Å². The van der Waals surface area contributed by atoms with Gasteiger partial charge in [0, 0.05) is 17.0 Å². The van der Waals surface area contributed by atoms with Crippen LogP contribution in [0.1, 0.15) is 23.1 Å². The highest BCUT2D eigenvalue weighted by Crippen LogP contribution is 2.25. The molecule has 2 amide bonds. The first kappa shape index (κ1) is 24.2. The van der Waals surface area contributed by atoms with Gasteiger partial charge in [-0.25, -0.2) is 9.18 Å². The SMILES string of the molecule is O=C(O)CC(NC(=O)C1Cc2ccccc2CN1C(=O)OCc1ccccc1Cl)C(=O)CF. The van der Waals surface area contributed by atoms with Crippen LogP contribution in [0.4, 0.5) is 9.18 Å². The molecule has 10 heteroatoms. The number of carbonyl (C=O) groups is 4. The van der Waals surface area contributed by atoms with Crippen LogP contribution in [-0.4, -0.2) is 52.5 Å². The number of aliphatic carboxylic acids is 1. The van der Waals surface area contributed by atoms with Crippen molar-refractivity contribution in [1.29, 1.82) is 0 Å². The van der Waals surface area contributed by atoms with Gasteiger partial charge in [0.2, 0.25) is 5.91 Å². The molecule has 0 saturated carbocycles. The third-order valence-corrected chi connectivity index (χ3v) is 5.68. The maximum absolute atomic E-state index is 13.0. The second-order valence-corrected chi connectivity index (χ2v) is 7.93. The van der Waals surface area contributed by atoms with Crippen LogP contribution >= 0.6 is 11.6 Å². The average Bonchev–Trinajstić information content (AvgIpc) is 2.81. The Bertz CT molecular complexity index is 1060. The Labute approximate surface area is 194 Å². The molecule has 8 nitrogen and oxygen atoms in total. The van der Waals surface area contributed by atoms with Gasteiger partial charge in [-0.15, -0.1) is 0 Å². The molecule has 1 aliphatic rings. The summed E-state index contributed by atoms with van der Waals surface area (Å²) < 4.78 is 18.3. The van der Waals surface area contributed by atoms with Gasteiger partial charge in [0.15, 0.2) is 5.78 Å². The summed E-state index contributed by atoms with van der Waals surface area (Å²) in [6, 6.07) is 11.4. The number of benzene rings is 2. The molecule has 0 spiro atoms. The second-order valence-electron chi connectivity index (χ2n) is 7.52. The summed E-state index contributed by atoms with van der Waals surface area (Å²) in [5, 5.41) is 11.7. The lowest BCUT2D eigenvalue weighted by atomic mass is 9.93. The highest BCUT2D eigenvalue weighted by atomic mass is 35.5. The number of halogens is 2. The van der Waals surface area contributed by atoms with E-state index in [1.165, 1.54) is 4.90 Å². The Morgan fingerprint density at radius 2 is 1.79 bits per heavy atom. The zero-order chi connectivity index (χ0) is 24.0. The molecule has 0 saturated heterocycles. The molecule has 1 aliphatic heterocycles. The fourth-order valence-electron chi connectivity index (χ4n) is 3.57. The van der Waals surface area contributed by atoms with E-state index < -0.39 is 48.9 Å². The number of carboxylic acid groups (broad SMARTS) is 1. The lowest BCUT2D eigenvalue weighted by Gasteiger charge is -2.35. The van der Waals surface area contributed by atoms with E-state index in [-0.39, 0.29) is 19.6 Å². The molecular weight excluding hydrogens is 455 g/mol. The van der Waals surface area contributed by atoms with Gasteiger partial charge in [-0.2, -0.15) is 0 Å². The number of ether oxygens (including phenoxy) is 1. The number of rotatable bonds is 8. The number of carbonyl (C=O) groups excluding carboxylic acids is 3. The Hall–Kier alpha value is -3.46. The molecule has 174 valence electrons. The Morgan fingerprint density at radius 3 is 2.45 bits per heavy atom. The standard InChI is InChI=1S/C23H22ClFN2O6/c24-17-8-4-3-7-16(17)13-33-23(32)27-12-15-6-2-1-5-14(15)9-19(27)22(31)26-18(10-21(29)30)20(28)11-25/h1-8,18-19H,9-13H2,(H,26,31)(H,29,30). The largest absolute Gasteiger partial charge is 0.481 e. The van der Waals surface area contributed by atoms with Crippen LogP contribution in [0.3, 0.4) is 0 Å². The van der Waals surface area contributed by atoms with Gasteiger partial charge in [-0.1, -0.05) is 54.1 Å². The second kappa shape index (κ2) is 10.9. The molecule has 0 fully saturated rings.